The molecule has 16 heteroatoms. The van der Waals surface area contributed by atoms with Crippen molar-refractivity contribution in [3.8, 4) is 23.0 Å². The maximum Gasteiger partial charge on any atom is 0.312 e. The average Bonchev–Trinajstić information content (AvgIpc) is 3.39. The Morgan fingerprint density at radius 1 is 0.924 bits per heavy atom. The van der Waals surface area contributed by atoms with Gasteiger partial charge in [-0.2, -0.15) is 5.10 Å². The molecule has 1 saturated heterocycles. The van der Waals surface area contributed by atoms with Crippen LogP contribution in [-0.4, -0.2) is 123 Å². The molecule has 0 unspecified atom stereocenters. The number of hydrogen-bond donors (Lipinski definition) is 6. The number of ketones is 1. The fourth-order valence-corrected chi connectivity index (χ4v) is 9.08. The van der Waals surface area contributed by atoms with Gasteiger partial charge in [-0.15, -0.1) is 0 Å². The molecule has 7 rings (SSSR count). The number of methoxy groups -OCH3 is 1. The summed E-state index contributed by atoms with van der Waals surface area (Å²) in [5.74, 6) is -8.41. The molecule has 16 nitrogen and oxygen atoms in total. The molecule has 66 heavy (non-hydrogen) atoms. The van der Waals surface area contributed by atoms with E-state index in [4.69, 9.17) is 24.0 Å². The van der Waals surface area contributed by atoms with Crippen LogP contribution in [-0.2, 0) is 30.3 Å². The van der Waals surface area contributed by atoms with E-state index in [1.54, 1.807) is 39.8 Å². The van der Waals surface area contributed by atoms with E-state index in [2.05, 4.69) is 22.3 Å². The third kappa shape index (κ3) is 10.2. The summed E-state index contributed by atoms with van der Waals surface area (Å²) in [6.07, 6.45) is 5.67. The number of carbonyl (C=O) groups excluding carboxylic acids is 3. The second-order valence-electron chi connectivity index (χ2n) is 17.9. The predicted molar refractivity (Wildman–Crippen MR) is 249 cm³/mol. The van der Waals surface area contributed by atoms with Gasteiger partial charge in [-0.1, -0.05) is 76.3 Å². The Morgan fingerprint density at radius 3 is 2.32 bits per heavy atom. The number of anilines is 1. The summed E-state index contributed by atoms with van der Waals surface area (Å²) < 4.78 is 23.8. The molecule has 3 aromatic rings. The summed E-state index contributed by atoms with van der Waals surface area (Å²) in [4.78, 5) is 43.2. The predicted octanol–water partition coefficient (Wildman–Crippen LogP) is 6.30. The Bertz CT molecular complexity index is 2420. The number of phenols is 3. The molecule has 4 aliphatic heterocycles. The maximum atomic E-state index is 14.6. The first-order chi connectivity index (χ1) is 31.3. The number of benzene rings is 3. The standard InChI is InChI=1S/C50H64N4O12/c1-27-15-13-16-28(2)49(62)52-40-35(25-51-54-21-14-20-53(22-23-54)26-34-17-11-10-12-18-34)44(59)37-38(45(40)60)43(58)32(6)47-39(37)48(61)50(8,66-47)64-24-19-36(63-9)29(3)46(65-33(7)55)31(5)42(57)30(4)41(27)56/h10-13,15-19,24-25,27,29-31,36,41-42,46,56-60H,14,20-23,26H2,1-9H3,(H,52,62)/t27-,29-,30-,31-,36+,41-,42-,46+,50-/m0/s1. The zero-order valence-electron chi connectivity index (χ0n) is 39.1. The third-order valence-corrected chi connectivity index (χ3v) is 13.2. The molecule has 1 fully saturated rings. The van der Waals surface area contributed by atoms with Crippen LogP contribution in [0.5, 0.6) is 23.0 Å². The van der Waals surface area contributed by atoms with E-state index in [1.165, 1.54) is 65.0 Å². The van der Waals surface area contributed by atoms with Gasteiger partial charge in [0, 0.05) is 93.9 Å². The van der Waals surface area contributed by atoms with Gasteiger partial charge in [0.2, 0.25) is 0 Å². The molecule has 9 atom stereocenters. The fourth-order valence-electron chi connectivity index (χ4n) is 9.08. The molecule has 1 amide bonds. The Morgan fingerprint density at radius 2 is 1.64 bits per heavy atom. The monoisotopic (exact) mass is 912 g/mol. The van der Waals surface area contributed by atoms with Crippen LogP contribution in [0.3, 0.4) is 0 Å². The summed E-state index contributed by atoms with van der Waals surface area (Å²) in [7, 11) is 1.44. The Kier molecular flexibility index (Phi) is 15.5. The van der Waals surface area contributed by atoms with E-state index < -0.39 is 88.8 Å². The molecule has 5 bridgehead atoms. The summed E-state index contributed by atoms with van der Waals surface area (Å²) in [5, 5.41) is 67.8. The molecule has 4 heterocycles. The largest absolute Gasteiger partial charge is 0.507 e. The number of hydrogen-bond acceptors (Lipinski definition) is 15. The second-order valence-corrected chi connectivity index (χ2v) is 17.9. The second kappa shape index (κ2) is 20.7. The molecule has 356 valence electrons. The van der Waals surface area contributed by atoms with E-state index in [9.17, 15) is 39.9 Å². The van der Waals surface area contributed by atoms with Crippen molar-refractivity contribution in [1.29, 1.82) is 0 Å². The number of aliphatic hydroxyl groups is 2. The van der Waals surface area contributed by atoms with Crippen LogP contribution in [0.25, 0.3) is 10.8 Å². The summed E-state index contributed by atoms with van der Waals surface area (Å²) in [6, 6.07) is 10.1. The molecule has 4 aliphatic rings. The highest BCUT2D eigenvalue weighted by Crippen LogP contribution is 2.55. The number of phenolic OH excluding ortho intramolecular Hbond substituents is 3. The van der Waals surface area contributed by atoms with Crippen LogP contribution in [0.15, 0.2) is 71.6 Å². The summed E-state index contributed by atoms with van der Waals surface area (Å²) in [5.41, 5.74) is 0.823. The van der Waals surface area contributed by atoms with E-state index in [0.717, 1.165) is 19.5 Å². The number of nitrogens with one attached hydrogen (secondary N) is 1. The smallest absolute Gasteiger partial charge is 0.312 e. The van der Waals surface area contributed by atoms with E-state index in [1.807, 2.05) is 23.2 Å². The van der Waals surface area contributed by atoms with Crippen molar-refractivity contribution in [3.63, 3.8) is 0 Å². The normalized spacial score (nSPS) is 28.3. The zero-order valence-corrected chi connectivity index (χ0v) is 39.1. The van der Waals surface area contributed by atoms with Crippen molar-refractivity contribution < 1.29 is 58.9 Å². The first-order valence-corrected chi connectivity index (χ1v) is 22.4. The number of ether oxygens (including phenoxy) is 4. The Labute approximate surface area is 385 Å². The average molecular weight is 913 g/mol. The number of aliphatic hydroxyl groups excluding tert-OH is 2. The molecular formula is C50H64N4O12. The van der Waals surface area contributed by atoms with Crippen molar-refractivity contribution >= 4 is 40.3 Å². The maximum absolute atomic E-state index is 14.6. The van der Waals surface area contributed by atoms with Gasteiger partial charge in [0.15, 0.2) is 5.75 Å². The van der Waals surface area contributed by atoms with Crippen LogP contribution in [0.2, 0.25) is 0 Å². The molecular weight excluding hydrogens is 849 g/mol. The van der Waals surface area contributed by atoms with Gasteiger partial charge >= 0.3 is 11.8 Å². The number of hydrazone groups is 1. The molecule has 0 aromatic heterocycles. The SMILES string of the molecule is CO[C@@H]1C=CO[C@@]2(C)Oc3c(C)c(O)c4c(O)c(c(C=NN5CCCN(Cc6ccccc6)CC5)c(O)c4c3C2=O)NC(=O)C(C)=CC=C[C@H](C)[C@H](O)[C@H](C)[C@H](O)[C@H](C)[C@H](OC(C)=O)[C@H]1C. The number of Topliss-reactive ketones (excluding diaryl/α,β-unsaturated/α-hetero) is 1. The van der Waals surface area contributed by atoms with Crippen LogP contribution in [0, 0.1) is 30.6 Å². The molecule has 3 aromatic carbocycles. The van der Waals surface area contributed by atoms with Gasteiger partial charge in [0.25, 0.3) is 11.7 Å². The van der Waals surface area contributed by atoms with Gasteiger partial charge < -0.3 is 49.8 Å². The van der Waals surface area contributed by atoms with Gasteiger partial charge in [-0.3, -0.25) is 24.3 Å². The van der Waals surface area contributed by atoms with Crippen molar-refractivity contribution in [2.24, 2.45) is 28.8 Å². The minimum atomic E-state index is -2.06. The van der Waals surface area contributed by atoms with Crippen LogP contribution in [0.4, 0.5) is 5.69 Å². The van der Waals surface area contributed by atoms with Crippen molar-refractivity contribution in [2.45, 2.75) is 98.6 Å². The quantitative estimate of drug-likeness (QED) is 0.0693. The highest BCUT2D eigenvalue weighted by atomic mass is 16.7. The highest BCUT2D eigenvalue weighted by molar-refractivity contribution is 6.23. The lowest BCUT2D eigenvalue weighted by Crippen LogP contribution is -2.46. The Balaban J connectivity index is 1.47. The van der Waals surface area contributed by atoms with E-state index in [0.29, 0.717) is 19.6 Å². The van der Waals surface area contributed by atoms with E-state index >= 15 is 0 Å². The van der Waals surface area contributed by atoms with Gasteiger partial charge in [-0.05, 0) is 31.9 Å². The minimum absolute atomic E-state index is 0.0533. The summed E-state index contributed by atoms with van der Waals surface area (Å²) >= 11 is 0. The van der Waals surface area contributed by atoms with Gasteiger partial charge in [-0.25, -0.2) is 0 Å². The van der Waals surface area contributed by atoms with Crippen LogP contribution in [0.1, 0.15) is 81.9 Å². The minimum Gasteiger partial charge on any atom is -0.507 e. The number of rotatable bonds is 6. The topological polar surface area (TPSA) is 220 Å². The van der Waals surface area contributed by atoms with Gasteiger partial charge in [0.05, 0.1) is 53.0 Å². The number of esters is 1. The first kappa shape index (κ1) is 49.5. The number of carbonyl (C=O) groups is 3. The third-order valence-electron chi connectivity index (χ3n) is 13.2. The van der Waals surface area contributed by atoms with E-state index in [-0.39, 0.29) is 44.5 Å². The molecule has 0 spiro atoms. The molecule has 6 N–H and O–H groups in total. The van der Waals surface area contributed by atoms with Crippen LogP contribution < -0.4 is 10.1 Å². The number of fused-ring (bicyclic) bond motifs is 14. The molecule has 0 radical (unpaired) electrons. The lowest BCUT2D eigenvalue weighted by atomic mass is 9.78. The molecule has 0 aliphatic carbocycles. The Hall–Kier alpha value is -5.94. The number of amides is 1. The summed E-state index contributed by atoms with van der Waals surface area (Å²) in [6.45, 7) is 15.9. The van der Waals surface area contributed by atoms with Crippen molar-refractivity contribution in [2.75, 3.05) is 38.6 Å². The van der Waals surface area contributed by atoms with Crippen LogP contribution >= 0.6 is 0 Å². The number of aromatic hydroxyl groups is 3. The van der Waals surface area contributed by atoms with Crippen molar-refractivity contribution in [3.05, 3.63) is 88.7 Å². The van der Waals surface area contributed by atoms with Gasteiger partial charge in [0.1, 0.15) is 23.4 Å². The fraction of sp³-hybridized carbons (Fsp3) is 0.480. The first-order valence-electron chi connectivity index (χ1n) is 22.4. The lowest BCUT2D eigenvalue weighted by Gasteiger charge is -2.38. The zero-order chi connectivity index (χ0) is 48.2. The van der Waals surface area contributed by atoms with Crippen molar-refractivity contribution in [1.82, 2.24) is 9.91 Å². The highest BCUT2D eigenvalue weighted by Gasteiger charge is 2.50. The number of allylic oxidation sites excluding steroid dienone is 2. The number of nitrogens with zero attached hydrogens (tertiary/aromatic N) is 3. The lowest BCUT2D eigenvalue weighted by molar-refractivity contribution is -0.160. The molecule has 0 saturated carbocycles.